The summed E-state index contributed by atoms with van der Waals surface area (Å²) in [7, 11) is 1.42. The van der Waals surface area contributed by atoms with Crippen molar-refractivity contribution in [1.29, 1.82) is 0 Å². The second-order valence-electron chi connectivity index (χ2n) is 6.76. The molecule has 1 aromatic rings. The zero-order valence-electron chi connectivity index (χ0n) is 14.0. The van der Waals surface area contributed by atoms with E-state index in [1.807, 2.05) is 17.9 Å². The van der Waals surface area contributed by atoms with Crippen LogP contribution in [-0.4, -0.2) is 43.0 Å². The fraction of sp³-hybridized carbons (Fsp3) is 0.556. The van der Waals surface area contributed by atoms with E-state index in [2.05, 4.69) is 5.32 Å². The summed E-state index contributed by atoms with van der Waals surface area (Å²) in [6, 6.07) is 5.07. The third-order valence-corrected chi connectivity index (χ3v) is 5.47. The number of ether oxygens (including phenoxy) is 1. The highest BCUT2D eigenvalue weighted by atomic mass is 35.5. The van der Waals surface area contributed by atoms with Gasteiger partial charge in [-0.2, -0.15) is 0 Å². The maximum Gasteiger partial charge on any atom is 0.323 e. The number of anilines is 1. The number of nitrogens with zero attached hydrogens (tertiary/aromatic N) is 1. The van der Waals surface area contributed by atoms with Crippen molar-refractivity contribution in [3.63, 3.8) is 0 Å². The fourth-order valence-electron chi connectivity index (χ4n) is 4.14. The first kappa shape index (κ1) is 17.2. The van der Waals surface area contributed by atoms with Crippen molar-refractivity contribution in [2.75, 3.05) is 25.5 Å². The standard InChI is InChI=1S/C18H23ClN2O3/c1-11-8-13(19)6-7-15(11)20-16(22)10-21-9-12-4-3-5-14(12)17(21)18(23)24-2/h6-8,12,14,17H,3-5,9-10H2,1-2H3,(H,20,22)/t12-,14-,17-/m0/s1. The minimum absolute atomic E-state index is 0.116. The molecule has 1 heterocycles. The van der Waals surface area contributed by atoms with Crippen molar-refractivity contribution < 1.29 is 14.3 Å². The van der Waals surface area contributed by atoms with E-state index in [0.717, 1.165) is 37.1 Å². The normalized spacial score (nSPS) is 26.2. The summed E-state index contributed by atoms with van der Waals surface area (Å²) < 4.78 is 4.98. The van der Waals surface area contributed by atoms with Gasteiger partial charge in [0.1, 0.15) is 6.04 Å². The van der Waals surface area contributed by atoms with Crippen molar-refractivity contribution in [3.8, 4) is 0 Å². The lowest BCUT2D eigenvalue weighted by atomic mass is 9.94. The molecule has 0 radical (unpaired) electrons. The number of amides is 1. The van der Waals surface area contributed by atoms with Crippen LogP contribution in [0.4, 0.5) is 5.69 Å². The molecule has 1 aromatic carbocycles. The maximum absolute atomic E-state index is 12.4. The van der Waals surface area contributed by atoms with Gasteiger partial charge >= 0.3 is 5.97 Å². The average molecular weight is 351 g/mol. The van der Waals surface area contributed by atoms with Crippen LogP contribution in [0.5, 0.6) is 0 Å². The van der Waals surface area contributed by atoms with Gasteiger partial charge in [-0.25, -0.2) is 0 Å². The number of benzene rings is 1. The lowest BCUT2D eigenvalue weighted by molar-refractivity contribution is -0.147. The molecule has 0 aromatic heterocycles. The molecule has 130 valence electrons. The van der Waals surface area contributed by atoms with E-state index in [0.29, 0.717) is 16.9 Å². The molecule has 1 aliphatic heterocycles. The number of hydrogen-bond donors (Lipinski definition) is 1. The maximum atomic E-state index is 12.4. The number of methoxy groups -OCH3 is 1. The van der Waals surface area contributed by atoms with Gasteiger partial charge in [0.05, 0.1) is 13.7 Å². The number of halogens is 1. The first-order valence-electron chi connectivity index (χ1n) is 8.37. The Kier molecular flexibility index (Phi) is 5.11. The molecule has 1 amide bonds. The van der Waals surface area contributed by atoms with Crippen LogP contribution >= 0.6 is 11.6 Å². The van der Waals surface area contributed by atoms with E-state index in [1.165, 1.54) is 7.11 Å². The highest BCUT2D eigenvalue weighted by Gasteiger charge is 2.48. The van der Waals surface area contributed by atoms with Gasteiger partial charge in [0.15, 0.2) is 0 Å². The monoisotopic (exact) mass is 350 g/mol. The summed E-state index contributed by atoms with van der Waals surface area (Å²) in [6.07, 6.45) is 3.33. The summed E-state index contributed by atoms with van der Waals surface area (Å²) in [5.41, 5.74) is 1.66. The molecule has 24 heavy (non-hydrogen) atoms. The van der Waals surface area contributed by atoms with Gasteiger partial charge < -0.3 is 10.1 Å². The molecule has 1 aliphatic carbocycles. The van der Waals surface area contributed by atoms with E-state index in [4.69, 9.17) is 16.3 Å². The van der Waals surface area contributed by atoms with Crippen molar-refractivity contribution >= 4 is 29.2 Å². The fourth-order valence-corrected chi connectivity index (χ4v) is 4.37. The van der Waals surface area contributed by atoms with Gasteiger partial charge in [0.2, 0.25) is 5.91 Å². The minimum atomic E-state index is -0.292. The summed E-state index contributed by atoms with van der Waals surface area (Å²) in [5, 5.41) is 3.56. The third kappa shape index (κ3) is 3.42. The molecule has 1 saturated carbocycles. The number of likely N-dealkylation sites (tertiary alicyclic amines) is 1. The average Bonchev–Trinajstić information content (AvgIpc) is 3.10. The molecule has 0 bridgehead atoms. The van der Waals surface area contributed by atoms with E-state index < -0.39 is 0 Å². The Morgan fingerprint density at radius 2 is 2.17 bits per heavy atom. The van der Waals surface area contributed by atoms with Gasteiger partial charge in [-0.15, -0.1) is 0 Å². The van der Waals surface area contributed by atoms with Crippen molar-refractivity contribution in [2.24, 2.45) is 11.8 Å². The van der Waals surface area contributed by atoms with Crippen LogP contribution < -0.4 is 5.32 Å². The molecular weight excluding hydrogens is 328 g/mol. The third-order valence-electron chi connectivity index (χ3n) is 5.24. The van der Waals surface area contributed by atoms with Gasteiger partial charge in [0.25, 0.3) is 0 Å². The highest BCUT2D eigenvalue weighted by Crippen LogP contribution is 2.42. The van der Waals surface area contributed by atoms with Crippen LogP contribution in [0.3, 0.4) is 0 Å². The number of carbonyl (C=O) groups is 2. The topological polar surface area (TPSA) is 58.6 Å². The van der Waals surface area contributed by atoms with Crippen LogP contribution in [0.15, 0.2) is 18.2 Å². The summed E-state index contributed by atoms with van der Waals surface area (Å²) in [5.74, 6) is 0.482. The predicted octanol–water partition coefficient (Wildman–Crippen LogP) is 2.86. The van der Waals surface area contributed by atoms with Crippen LogP contribution in [0, 0.1) is 18.8 Å². The SMILES string of the molecule is COC(=O)[C@@H]1[C@H]2CCC[C@H]2CN1CC(=O)Nc1ccc(Cl)cc1C. The van der Waals surface area contributed by atoms with E-state index in [1.54, 1.807) is 12.1 Å². The molecule has 1 N–H and O–H groups in total. The number of esters is 1. The molecule has 1 saturated heterocycles. The highest BCUT2D eigenvalue weighted by molar-refractivity contribution is 6.30. The molecule has 3 rings (SSSR count). The van der Waals surface area contributed by atoms with Gasteiger partial charge in [0, 0.05) is 17.3 Å². The Morgan fingerprint density at radius 3 is 2.88 bits per heavy atom. The van der Waals surface area contributed by atoms with Crippen LogP contribution in [0.25, 0.3) is 0 Å². The Bertz CT molecular complexity index is 649. The quantitative estimate of drug-likeness (QED) is 0.848. The molecular formula is C18H23ClN2O3. The number of nitrogens with one attached hydrogen (secondary N) is 1. The summed E-state index contributed by atoms with van der Waals surface area (Å²) >= 11 is 5.94. The number of fused-ring (bicyclic) bond motifs is 1. The molecule has 2 fully saturated rings. The van der Waals surface area contributed by atoms with Crippen LogP contribution in [0.1, 0.15) is 24.8 Å². The molecule has 3 atom stereocenters. The van der Waals surface area contributed by atoms with Crippen molar-refractivity contribution in [1.82, 2.24) is 4.90 Å². The molecule has 6 heteroatoms. The Balaban J connectivity index is 1.67. The zero-order valence-corrected chi connectivity index (χ0v) is 14.8. The first-order chi connectivity index (χ1) is 11.5. The second-order valence-corrected chi connectivity index (χ2v) is 7.20. The Labute approximate surface area is 147 Å². The first-order valence-corrected chi connectivity index (χ1v) is 8.75. The van der Waals surface area contributed by atoms with Crippen molar-refractivity contribution in [3.05, 3.63) is 28.8 Å². The minimum Gasteiger partial charge on any atom is -0.468 e. The second kappa shape index (κ2) is 7.11. The van der Waals surface area contributed by atoms with E-state index in [-0.39, 0.29) is 24.5 Å². The van der Waals surface area contributed by atoms with Crippen LogP contribution in [-0.2, 0) is 14.3 Å². The van der Waals surface area contributed by atoms with E-state index >= 15 is 0 Å². The number of carbonyl (C=O) groups excluding carboxylic acids is 2. The van der Waals surface area contributed by atoms with Gasteiger partial charge in [-0.3, -0.25) is 14.5 Å². The molecule has 5 nitrogen and oxygen atoms in total. The van der Waals surface area contributed by atoms with Crippen molar-refractivity contribution in [2.45, 2.75) is 32.2 Å². The number of rotatable bonds is 4. The smallest absolute Gasteiger partial charge is 0.323 e. The lowest BCUT2D eigenvalue weighted by Crippen LogP contribution is -2.44. The largest absolute Gasteiger partial charge is 0.468 e. The Hall–Kier alpha value is -1.59. The number of aryl methyl sites for hydroxylation is 1. The summed E-state index contributed by atoms with van der Waals surface area (Å²) in [4.78, 5) is 26.6. The van der Waals surface area contributed by atoms with E-state index in [9.17, 15) is 9.59 Å². The predicted molar refractivity (Wildman–Crippen MR) is 93.0 cm³/mol. The zero-order chi connectivity index (χ0) is 17.3. The molecule has 2 aliphatic rings. The van der Waals surface area contributed by atoms with Gasteiger partial charge in [-0.05, 0) is 55.4 Å². The lowest BCUT2D eigenvalue weighted by Gasteiger charge is -2.25. The van der Waals surface area contributed by atoms with Gasteiger partial charge in [-0.1, -0.05) is 18.0 Å². The molecule has 0 unspecified atom stereocenters. The number of hydrogen-bond acceptors (Lipinski definition) is 4. The summed E-state index contributed by atoms with van der Waals surface area (Å²) in [6.45, 7) is 2.89. The Morgan fingerprint density at radius 1 is 1.38 bits per heavy atom. The van der Waals surface area contributed by atoms with Crippen LogP contribution in [0.2, 0.25) is 5.02 Å². The molecule has 0 spiro atoms.